The normalized spacial score (nSPS) is 11.4. The molecule has 4 heteroatoms. The first-order chi connectivity index (χ1) is 10.6. The number of hydrogen-bond donors (Lipinski definition) is 0. The zero-order chi connectivity index (χ0) is 15.9. The third-order valence-corrected chi connectivity index (χ3v) is 2.77. The van der Waals surface area contributed by atoms with Gasteiger partial charge in [0, 0.05) is 25.0 Å². The first kappa shape index (κ1) is 15.5. The van der Waals surface area contributed by atoms with Gasteiger partial charge in [-0.1, -0.05) is 60.7 Å². The van der Waals surface area contributed by atoms with Gasteiger partial charge in [-0.05, 0) is 0 Å². The molecule has 4 nitrogen and oxygen atoms in total. The molecule has 2 aromatic rings. The summed E-state index contributed by atoms with van der Waals surface area (Å²) in [6, 6.07) is 18.1. The van der Waals surface area contributed by atoms with Crippen LogP contribution in [0.4, 0.5) is 0 Å². The van der Waals surface area contributed by atoms with E-state index < -0.39 is 11.9 Å². The van der Waals surface area contributed by atoms with Gasteiger partial charge < -0.3 is 9.47 Å². The summed E-state index contributed by atoms with van der Waals surface area (Å²) in [7, 11) is 0. The molecule has 0 bridgehead atoms. The molecule has 0 saturated carbocycles. The van der Waals surface area contributed by atoms with Crippen LogP contribution >= 0.6 is 0 Å². The van der Waals surface area contributed by atoms with Gasteiger partial charge in [0.05, 0.1) is 0 Å². The molecule has 0 saturated heterocycles. The van der Waals surface area contributed by atoms with Gasteiger partial charge in [0.2, 0.25) is 0 Å². The Balaban J connectivity index is 2.64. The maximum atomic E-state index is 11.5. The topological polar surface area (TPSA) is 52.6 Å². The Morgan fingerprint density at radius 1 is 0.636 bits per heavy atom. The molecule has 0 N–H and O–H groups in total. The van der Waals surface area contributed by atoms with Crippen LogP contribution in [0.25, 0.3) is 11.5 Å². The minimum Gasteiger partial charge on any atom is -0.422 e. The first-order valence-corrected chi connectivity index (χ1v) is 6.80. The predicted molar refractivity (Wildman–Crippen MR) is 83.2 cm³/mol. The molecule has 112 valence electrons. The van der Waals surface area contributed by atoms with Gasteiger partial charge in [0.1, 0.15) is 0 Å². The number of esters is 2. The molecule has 0 aromatic heterocycles. The fraction of sp³-hybridized carbons (Fsp3) is 0.111. The van der Waals surface area contributed by atoms with Gasteiger partial charge in [0.15, 0.2) is 11.5 Å². The standard InChI is InChI=1S/C18H16O4/c1-13(19)21-17(15-9-5-3-6-10-15)18(22-14(2)20)16-11-7-4-8-12-16/h3-12H,1-2H3/b18-17-. The molecule has 0 aliphatic heterocycles. The highest BCUT2D eigenvalue weighted by atomic mass is 16.6. The van der Waals surface area contributed by atoms with Gasteiger partial charge in [-0.3, -0.25) is 9.59 Å². The molecular weight excluding hydrogens is 280 g/mol. The van der Waals surface area contributed by atoms with Crippen LogP contribution in [0.15, 0.2) is 60.7 Å². The molecule has 2 aromatic carbocycles. The molecule has 0 aliphatic carbocycles. The summed E-state index contributed by atoms with van der Waals surface area (Å²) in [5.74, 6) is -0.539. The first-order valence-electron chi connectivity index (χ1n) is 6.80. The zero-order valence-electron chi connectivity index (χ0n) is 12.4. The van der Waals surface area contributed by atoms with Crippen molar-refractivity contribution in [3.05, 3.63) is 71.8 Å². The fourth-order valence-electron chi connectivity index (χ4n) is 1.94. The lowest BCUT2D eigenvalue weighted by molar-refractivity contribution is -0.136. The summed E-state index contributed by atoms with van der Waals surface area (Å²) in [6.07, 6.45) is 0. The molecule has 0 radical (unpaired) electrons. The maximum Gasteiger partial charge on any atom is 0.308 e. The Labute approximate surface area is 129 Å². The zero-order valence-corrected chi connectivity index (χ0v) is 12.4. The highest BCUT2D eigenvalue weighted by molar-refractivity contribution is 5.92. The summed E-state index contributed by atoms with van der Waals surface area (Å²) < 4.78 is 10.6. The summed E-state index contributed by atoms with van der Waals surface area (Å²) >= 11 is 0. The summed E-state index contributed by atoms with van der Waals surface area (Å²) in [5, 5.41) is 0. The monoisotopic (exact) mass is 296 g/mol. The van der Waals surface area contributed by atoms with E-state index in [1.54, 1.807) is 24.3 Å². The van der Waals surface area contributed by atoms with Crippen molar-refractivity contribution in [2.45, 2.75) is 13.8 Å². The average Bonchev–Trinajstić information content (AvgIpc) is 2.52. The number of carbonyl (C=O) groups is 2. The van der Waals surface area contributed by atoms with Crippen molar-refractivity contribution < 1.29 is 19.1 Å². The van der Waals surface area contributed by atoms with Crippen molar-refractivity contribution in [2.24, 2.45) is 0 Å². The van der Waals surface area contributed by atoms with Gasteiger partial charge in [0.25, 0.3) is 0 Å². The van der Waals surface area contributed by atoms with Crippen molar-refractivity contribution in [3.63, 3.8) is 0 Å². The second-order valence-electron chi connectivity index (χ2n) is 4.58. The van der Waals surface area contributed by atoms with Crippen LogP contribution in [0.2, 0.25) is 0 Å². The van der Waals surface area contributed by atoms with Gasteiger partial charge in [-0.2, -0.15) is 0 Å². The van der Waals surface area contributed by atoms with E-state index in [9.17, 15) is 9.59 Å². The molecule has 0 aliphatic rings. The van der Waals surface area contributed by atoms with Crippen molar-refractivity contribution in [1.29, 1.82) is 0 Å². The lowest BCUT2D eigenvalue weighted by Crippen LogP contribution is -2.06. The van der Waals surface area contributed by atoms with Crippen LogP contribution in [0.1, 0.15) is 25.0 Å². The smallest absolute Gasteiger partial charge is 0.308 e. The molecule has 0 spiro atoms. The van der Waals surface area contributed by atoms with Crippen LogP contribution in [0, 0.1) is 0 Å². The van der Waals surface area contributed by atoms with Crippen LogP contribution in [-0.2, 0) is 19.1 Å². The number of hydrogen-bond acceptors (Lipinski definition) is 4. The Morgan fingerprint density at radius 3 is 1.23 bits per heavy atom. The molecule has 0 heterocycles. The number of benzene rings is 2. The Morgan fingerprint density at radius 2 is 0.955 bits per heavy atom. The lowest BCUT2D eigenvalue weighted by Gasteiger charge is -2.14. The molecule has 0 amide bonds. The lowest BCUT2D eigenvalue weighted by atomic mass is 10.1. The highest BCUT2D eigenvalue weighted by Gasteiger charge is 2.18. The molecule has 0 atom stereocenters. The van der Waals surface area contributed by atoms with E-state index in [0.29, 0.717) is 11.1 Å². The van der Waals surface area contributed by atoms with E-state index in [1.807, 2.05) is 36.4 Å². The third kappa shape index (κ3) is 4.06. The number of carbonyl (C=O) groups excluding carboxylic acids is 2. The van der Waals surface area contributed by atoms with E-state index in [4.69, 9.17) is 9.47 Å². The van der Waals surface area contributed by atoms with Crippen molar-refractivity contribution in [3.8, 4) is 0 Å². The Bertz CT molecular complexity index is 626. The van der Waals surface area contributed by atoms with Crippen LogP contribution < -0.4 is 0 Å². The molecular formula is C18H16O4. The van der Waals surface area contributed by atoms with E-state index in [-0.39, 0.29) is 11.5 Å². The molecule has 0 unspecified atom stereocenters. The average molecular weight is 296 g/mol. The van der Waals surface area contributed by atoms with E-state index in [0.717, 1.165) is 0 Å². The van der Waals surface area contributed by atoms with E-state index >= 15 is 0 Å². The number of ether oxygens (including phenoxy) is 2. The maximum absolute atomic E-state index is 11.5. The number of rotatable bonds is 4. The predicted octanol–water partition coefficient (Wildman–Crippen LogP) is 3.64. The largest absolute Gasteiger partial charge is 0.422 e. The van der Waals surface area contributed by atoms with Gasteiger partial charge >= 0.3 is 11.9 Å². The summed E-state index contributed by atoms with van der Waals surface area (Å²) in [6.45, 7) is 2.61. The molecule has 0 fully saturated rings. The fourth-order valence-corrected chi connectivity index (χ4v) is 1.94. The van der Waals surface area contributed by atoms with Crippen LogP contribution in [0.3, 0.4) is 0 Å². The van der Waals surface area contributed by atoms with E-state index in [2.05, 4.69) is 0 Å². The van der Waals surface area contributed by atoms with Crippen molar-refractivity contribution in [1.82, 2.24) is 0 Å². The van der Waals surface area contributed by atoms with Crippen LogP contribution in [0.5, 0.6) is 0 Å². The van der Waals surface area contributed by atoms with E-state index in [1.165, 1.54) is 13.8 Å². The second kappa shape index (κ2) is 7.22. The Hall–Kier alpha value is -2.88. The van der Waals surface area contributed by atoms with Crippen molar-refractivity contribution >= 4 is 23.5 Å². The Kier molecular flexibility index (Phi) is 5.09. The highest BCUT2D eigenvalue weighted by Crippen LogP contribution is 2.28. The molecule has 22 heavy (non-hydrogen) atoms. The third-order valence-electron chi connectivity index (χ3n) is 2.77. The minimum absolute atomic E-state index is 0.217. The van der Waals surface area contributed by atoms with Gasteiger partial charge in [-0.15, -0.1) is 0 Å². The van der Waals surface area contributed by atoms with Crippen LogP contribution in [-0.4, -0.2) is 11.9 Å². The quantitative estimate of drug-likeness (QED) is 0.491. The second-order valence-corrected chi connectivity index (χ2v) is 4.58. The summed E-state index contributed by atoms with van der Waals surface area (Å²) in [5.41, 5.74) is 1.30. The molecule has 2 rings (SSSR count). The summed E-state index contributed by atoms with van der Waals surface area (Å²) in [4.78, 5) is 22.9. The SMILES string of the molecule is CC(=O)O/C(=C(\OC(C)=O)c1ccccc1)c1ccccc1. The minimum atomic E-state index is -0.487. The van der Waals surface area contributed by atoms with Crippen molar-refractivity contribution in [2.75, 3.05) is 0 Å². The van der Waals surface area contributed by atoms with Gasteiger partial charge in [-0.25, -0.2) is 0 Å².